The van der Waals surface area contributed by atoms with E-state index in [2.05, 4.69) is 5.32 Å². The lowest BCUT2D eigenvalue weighted by molar-refractivity contribution is -0.140. The normalized spacial score (nSPS) is 30.8. The highest BCUT2D eigenvalue weighted by Crippen LogP contribution is 2.61. The first kappa shape index (κ1) is 18.3. The van der Waals surface area contributed by atoms with Crippen molar-refractivity contribution >= 4 is 17.5 Å². The molecule has 1 aromatic carbocycles. The Balaban J connectivity index is 1.32. The van der Waals surface area contributed by atoms with Gasteiger partial charge in [-0.25, -0.2) is 0 Å². The van der Waals surface area contributed by atoms with Gasteiger partial charge in [-0.05, 0) is 73.8 Å². The number of methoxy groups -OCH3 is 1. The Hall–Kier alpha value is -2.04. The van der Waals surface area contributed by atoms with E-state index in [4.69, 9.17) is 4.74 Å². The molecule has 1 aromatic rings. The molecule has 27 heavy (non-hydrogen) atoms. The first-order chi connectivity index (χ1) is 12.9. The summed E-state index contributed by atoms with van der Waals surface area (Å²) in [5.74, 6) is 3.14. The zero-order valence-corrected chi connectivity index (χ0v) is 16.4. The van der Waals surface area contributed by atoms with Crippen molar-refractivity contribution < 1.29 is 14.3 Å². The number of hydrogen-bond acceptors (Lipinski definition) is 3. The molecule has 0 spiro atoms. The highest BCUT2D eigenvalue weighted by atomic mass is 16.5. The van der Waals surface area contributed by atoms with Gasteiger partial charge in [-0.2, -0.15) is 0 Å². The molecule has 0 saturated heterocycles. The molecule has 0 radical (unpaired) electrons. The molecule has 1 N–H and O–H groups in total. The summed E-state index contributed by atoms with van der Waals surface area (Å²) in [7, 11) is 3.34. The molecule has 0 atom stereocenters. The zero-order valence-electron chi connectivity index (χ0n) is 16.4. The molecule has 4 bridgehead atoms. The smallest absolute Gasteiger partial charge is 0.243 e. The van der Waals surface area contributed by atoms with Crippen molar-refractivity contribution in [3.63, 3.8) is 0 Å². The SMILES string of the molecule is COc1cccc(NC(=O)CN(C)C(=O)CC23CC4CC(CC(C4)C2)C3)c1. The van der Waals surface area contributed by atoms with Gasteiger partial charge in [0.15, 0.2) is 0 Å². The lowest BCUT2D eigenvalue weighted by Gasteiger charge is -2.56. The Labute approximate surface area is 161 Å². The molecule has 2 amide bonds. The van der Waals surface area contributed by atoms with Crippen LogP contribution in [0.1, 0.15) is 44.9 Å². The molecule has 4 saturated carbocycles. The van der Waals surface area contributed by atoms with Gasteiger partial charge >= 0.3 is 0 Å². The van der Waals surface area contributed by atoms with Gasteiger partial charge in [-0.3, -0.25) is 9.59 Å². The molecule has 5 heteroatoms. The Morgan fingerprint density at radius 2 is 1.78 bits per heavy atom. The number of hydrogen-bond donors (Lipinski definition) is 1. The van der Waals surface area contributed by atoms with Crippen LogP contribution in [0, 0.1) is 23.2 Å². The molecule has 0 heterocycles. The topological polar surface area (TPSA) is 58.6 Å². The van der Waals surface area contributed by atoms with Crippen LogP contribution in [-0.4, -0.2) is 37.4 Å². The summed E-state index contributed by atoms with van der Waals surface area (Å²) >= 11 is 0. The minimum Gasteiger partial charge on any atom is -0.497 e. The average Bonchev–Trinajstić information content (AvgIpc) is 2.60. The number of likely N-dealkylation sites (N-methyl/N-ethyl adjacent to an activating group) is 1. The standard InChI is InChI=1S/C22H30N2O3/c1-24(14-20(25)23-18-4-3-5-19(9-18)27-2)21(26)13-22-10-15-6-16(11-22)8-17(7-15)12-22/h3-5,9,15-17H,6-8,10-14H2,1-2H3,(H,23,25). The van der Waals surface area contributed by atoms with E-state index >= 15 is 0 Å². The molecular weight excluding hydrogens is 340 g/mol. The maximum absolute atomic E-state index is 12.8. The van der Waals surface area contributed by atoms with Crippen LogP contribution in [0.2, 0.25) is 0 Å². The summed E-state index contributed by atoms with van der Waals surface area (Å²) in [5, 5.41) is 2.85. The molecule has 5 rings (SSSR count). The molecular formula is C22H30N2O3. The Morgan fingerprint density at radius 1 is 1.15 bits per heavy atom. The average molecular weight is 370 g/mol. The van der Waals surface area contributed by atoms with Crippen molar-refractivity contribution in [2.45, 2.75) is 44.9 Å². The number of nitrogens with zero attached hydrogens (tertiary/aromatic N) is 1. The van der Waals surface area contributed by atoms with Gasteiger partial charge in [0.1, 0.15) is 5.75 Å². The van der Waals surface area contributed by atoms with E-state index in [1.54, 1.807) is 25.1 Å². The second-order valence-corrected chi connectivity index (χ2v) is 9.12. The van der Waals surface area contributed by atoms with Crippen molar-refractivity contribution in [2.75, 3.05) is 26.0 Å². The Bertz CT molecular complexity index is 695. The summed E-state index contributed by atoms with van der Waals surface area (Å²) in [5.41, 5.74) is 0.893. The fraction of sp³-hybridized carbons (Fsp3) is 0.636. The number of carbonyl (C=O) groups excluding carboxylic acids is 2. The van der Waals surface area contributed by atoms with Crippen LogP contribution in [0.15, 0.2) is 24.3 Å². The molecule has 0 unspecified atom stereocenters. The molecule has 0 aliphatic heterocycles. The summed E-state index contributed by atoms with van der Waals surface area (Å²) in [6, 6.07) is 7.25. The van der Waals surface area contributed by atoms with Crippen molar-refractivity contribution in [1.29, 1.82) is 0 Å². The van der Waals surface area contributed by atoms with Gasteiger partial charge in [0.25, 0.3) is 0 Å². The van der Waals surface area contributed by atoms with Crippen molar-refractivity contribution in [3.05, 3.63) is 24.3 Å². The number of benzene rings is 1. The predicted octanol–water partition coefficient (Wildman–Crippen LogP) is 3.70. The Kier molecular flexibility index (Phi) is 4.87. The molecule has 5 nitrogen and oxygen atoms in total. The van der Waals surface area contributed by atoms with Crippen LogP contribution in [0.25, 0.3) is 0 Å². The van der Waals surface area contributed by atoms with Gasteiger partial charge in [-0.15, -0.1) is 0 Å². The first-order valence-corrected chi connectivity index (χ1v) is 10.1. The van der Waals surface area contributed by atoms with Crippen LogP contribution in [-0.2, 0) is 9.59 Å². The van der Waals surface area contributed by atoms with Gasteiger partial charge in [0.2, 0.25) is 11.8 Å². The highest BCUT2D eigenvalue weighted by molar-refractivity contribution is 5.94. The number of nitrogens with one attached hydrogen (secondary N) is 1. The minimum absolute atomic E-state index is 0.0857. The van der Waals surface area contributed by atoms with Crippen LogP contribution in [0.4, 0.5) is 5.69 Å². The fourth-order valence-corrected chi connectivity index (χ4v) is 6.17. The largest absolute Gasteiger partial charge is 0.497 e. The van der Waals surface area contributed by atoms with Gasteiger partial charge in [0, 0.05) is 25.2 Å². The van der Waals surface area contributed by atoms with E-state index in [9.17, 15) is 9.59 Å². The monoisotopic (exact) mass is 370 g/mol. The molecule has 0 aromatic heterocycles. The van der Waals surface area contributed by atoms with Crippen LogP contribution >= 0.6 is 0 Å². The Morgan fingerprint density at radius 3 is 2.37 bits per heavy atom. The van der Waals surface area contributed by atoms with E-state index in [0.29, 0.717) is 17.9 Å². The van der Waals surface area contributed by atoms with Gasteiger partial charge in [0.05, 0.1) is 13.7 Å². The van der Waals surface area contributed by atoms with E-state index in [0.717, 1.165) is 17.8 Å². The quantitative estimate of drug-likeness (QED) is 0.831. The van der Waals surface area contributed by atoms with Gasteiger partial charge in [-0.1, -0.05) is 6.07 Å². The maximum atomic E-state index is 12.8. The minimum atomic E-state index is -0.176. The third kappa shape index (κ3) is 3.97. The molecule has 4 aliphatic carbocycles. The van der Waals surface area contributed by atoms with Crippen LogP contribution in [0.5, 0.6) is 5.75 Å². The van der Waals surface area contributed by atoms with Crippen molar-refractivity contribution in [2.24, 2.45) is 23.2 Å². The summed E-state index contributed by atoms with van der Waals surface area (Å²) in [4.78, 5) is 26.8. The van der Waals surface area contributed by atoms with Crippen molar-refractivity contribution in [3.8, 4) is 5.75 Å². The van der Waals surface area contributed by atoms with E-state index in [-0.39, 0.29) is 23.8 Å². The fourth-order valence-electron chi connectivity index (χ4n) is 6.17. The summed E-state index contributed by atoms with van der Waals surface area (Å²) in [6.07, 6.45) is 8.40. The number of amides is 2. The highest BCUT2D eigenvalue weighted by Gasteiger charge is 2.51. The maximum Gasteiger partial charge on any atom is 0.243 e. The number of rotatable bonds is 6. The van der Waals surface area contributed by atoms with Crippen LogP contribution < -0.4 is 10.1 Å². The van der Waals surface area contributed by atoms with E-state index in [1.807, 2.05) is 18.2 Å². The zero-order chi connectivity index (χ0) is 19.0. The number of ether oxygens (including phenoxy) is 1. The van der Waals surface area contributed by atoms with E-state index < -0.39 is 0 Å². The predicted molar refractivity (Wildman–Crippen MR) is 104 cm³/mol. The second-order valence-electron chi connectivity index (χ2n) is 9.12. The second kappa shape index (κ2) is 7.17. The lowest BCUT2D eigenvalue weighted by atomic mass is 9.49. The van der Waals surface area contributed by atoms with E-state index in [1.165, 1.54) is 38.5 Å². The summed E-state index contributed by atoms with van der Waals surface area (Å²) < 4.78 is 5.17. The number of anilines is 1. The lowest BCUT2D eigenvalue weighted by Crippen LogP contribution is -2.48. The summed E-state index contributed by atoms with van der Waals surface area (Å²) in [6.45, 7) is 0.0857. The van der Waals surface area contributed by atoms with Crippen molar-refractivity contribution in [1.82, 2.24) is 4.90 Å². The number of carbonyl (C=O) groups is 2. The molecule has 4 aliphatic rings. The molecule has 146 valence electrons. The third-order valence-corrected chi connectivity index (χ3v) is 6.85. The van der Waals surface area contributed by atoms with Crippen LogP contribution in [0.3, 0.4) is 0 Å². The molecule has 4 fully saturated rings. The van der Waals surface area contributed by atoms with Gasteiger partial charge < -0.3 is 15.0 Å². The first-order valence-electron chi connectivity index (χ1n) is 10.1. The third-order valence-electron chi connectivity index (χ3n) is 6.85.